The van der Waals surface area contributed by atoms with Gasteiger partial charge < -0.3 is 4.74 Å². The summed E-state index contributed by atoms with van der Waals surface area (Å²) < 4.78 is 18.7. The molecule has 4 aromatic rings. The second-order valence-corrected chi connectivity index (χ2v) is 8.87. The van der Waals surface area contributed by atoms with Gasteiger partial charge in [0, 0.05) is 0 Å². The van der Waals surface area contributed by atoms with Gasteiger partial charge in [-0.1, -0.05) is 60.7 Å². The fraction of sp³-hybridized carbons (Fsp3) is 0.0357. The number of carbonyl (C=O) groups is 3. The smallest absolute Gasteiger partial charge is 0.344 e. The van der Waals surface area contributed by atoms with Crippen LogP contribution in [-0.4, -0.2) is 22.0 Å². The largest absolute Gasteiger partial charge is 0.423 e. The van der Waals surface area contributed by atoms with Gasteiger partial charge in [-0.15, -0.1) is 0 Å². The maximum atomic E-state index is 13.1. The van der Waals surface area contributed by atoms with Crippen molar-refractivity contribution < 1.29 is 23.5 Å². The molecular weight excluding hydrogens is 465 g/mol. The average Bonchev–Trinajstić information content (AvgIpc) is 3.13. The van der Waals surface area contributed by atoms with Crippen molar-refractivity contribution in [1.29, 1.82) is 0 Å². The molecule has 0 spiro atoms. The highest BCUT2D eigenvalue weighted by Crippen LogP contribution is 2.33. The van der Waals surface area contributed by atoms with E-state index in [9.17, 15) is 18.8 Å². The monoisotopic (exact) mass is 483 g/mol. The number of benzene rings is 4. The molecule has 0 bridgehead atoms. The molecule has 4 aromatic carbocycles. The maximum Gasteiger partial charge on any atom is 0.344 e. The SMILES string of the molecule is O=C(Oc1ccc(/C=C2\SC(=O)N(Cc3ccc(F)cc3)C2=O)cc1)c1cccc2ccccc12. The van der Waals surface area contributed by atoms with E-state index in [2.05, 4.69) is 0 Å². The van der Waals surface area contributed by atoms with Crippen LogP contribution in [0.1, 0.15) is 21.5 Å². The zero-order valence-electron chi connectivity index (χ0n) is 18.3. The Kier molecular flexibility index (Phi) is 6.16. The molecule has 0 aliphatic carbocycles. The minimum atomic E-state index is -0.462. The number of thioether (sulfide) groups is 1. The quantitative estimate of drug-likeness (QED) is 0.186. The second kappa shape index (κ2) is 9.56. The summed E-state index contributed by atoms with van der Waals surface area (Å²) in [5.41, 5.74) is 1.82. The molecule has 0 atom stereocenters. The third-order valence-electron chi connectivity index (χ3n) is 5.53. The molecule has 1 aliphatic heterocycles. The van der Waals surface area contributed by atoms with E-state index in [1.165, 1.54) is 12.1 Å². The summed E-state index contributed by atoms with van der Waals surface area (Å²) in [4.78, 5) is 39.2. The lowest BCUT2D eigenvalue weighted by Crippen LogP contribution is -2.27. The Morgan fingerprint density at radius 3 is 2.37 bits per heavy atom. The summed E-state index contributed by atoms with van der Waals surface area (Å²) in [6.07, 6.45) is 1.62. The Hall–Kier alpha value is -4.23. The highest BCUT2D eigenvalue weighted by molar-refractivity contribution is 8.18. The van der Waals surface area contributed by atoms with Gasteiger partial charge in [0.05, 0.1) is 17.0 Å². The van der Waals surface area contributed by atoms with Crippen molar-refractivity contribution in [1.82, 2.24) is 4.90 Å². The van der Waals surface area contributed by atoms with Gasteiger partial charge in [0.25, 0.3) is 11.1 Å². The van der Waals surface area contributed by atoms with Gasteiger partial charge in [0.1, 0.15) is 11.6 Å². The van der Waals surface area contributed by atoms with Gasteiger partial charge in [0.15, 0.2) is 0 Å². The number of halogens is 1. The molecule has 0 aromatic heterocycles. The van der Waals surface area contributed by atoms with Crippen molar-refractivity contribution >= 4 is 45.7 Å². The lowest BCUT2D eigenvalue weighted by molar-refractivity contribution is -0.123. The van der Waals surface area contributed by atoms with E-state index >= 15 is 0 Å². The Morgan fingerprint density at radius 1 is 0.886 bits per heavy atom. The number of amides is 2. The van der Waals surface area contributed by atoms with E-state index in [0.717, 1.165) is 27.4 Å². The van der Waals surface area contributed by atoms with Crippen LogP contribution in [0, 0.1) is 5.82 Å². The predicted octanol–water partition coefficient (Wildman–Crippen LogP) is 6.43. The zero-order valence-corrected chi connectivity index (χ0v) is 19.1. The predicted molar refractivity (Wildman–Crippen MR) is 133 cm³/mol. The number of imide groups is 1. The summed E-state index contributed by atoms with van der Waals surface area (Å²) in [7, 11) is 0. The fourth-order valence-electron chi connectivity index (χ4n) is 3.76. The standard InChI is InChI=1S/C28H18FNO4S/c29-21-12-8-19(9-13-21)17-30-26(31)25(35-28(30)33)16-18-10-14-22(15-11-18)34-27(32)24-7-3-5-20-4-1-2-6-23(20)24/h1-16H,17H2/b25-16-. The van der Waals surface area contributed by atoms with Crippen LogP contribution in [0.3, 0.4) is 0 Å². The lowest BCUT2D eigenvalue weighted by Gasteiger charge is -2.12. The van der Waals surface area contributed by atoms with Crippen LogP contribution in [0.4, 0.5) is 9.18 Å². The number of hydrogen-bond acceptors (Lipinski definition) is 5. The van der Waals surface area contributed by atoms with Crippen molar-refractivity contribution in [3.05, 3.63) is 118 Å². The maximum absolute atomic E-state index is 13.1. The summed E-state index contributed by atoms with van der Waals surface area (Å²) in [5.74, 6) is -0.884. The molecule has 1 fully saturated rings. The van der Waals surface area contributed by atoms with Crippen LogP contribution >= 0.6 is 11.8 Å². The van der Waals surface area contributed by atoms with E-state index in [1.807, 2.05) is 36.4 Å². The third kappa shape index (κ3) is 4.85. The molecule has 5 rings (SSSR count). The molecule has 0 saturated carbocycles. The Labute approximate surface area is 204 Å². The Morgan fingerprint density at radius 2 is 1.60 bits per heavy atom. The van der Waals surface area contributed by atoms with Crippen molar-refractivity contribution in [3.8, 4) is 5.75 Å². The molecule has 0 unspecified atom stereocenters. The van der Waals surface area contributed by atoms with Crippen LogP contribution in [-0.2, 0) is 11.3 Å². The minimum Gasteiger partial charge on any atom is -0.423 e. The van der Waals surface area contributed by atoms with Crippen LogP contribution < -0.4 is 4.74 Å². The van der Waals surface area contributed by atoms with Crippen molar-refractivity contribution in [2.75, 3.05) is 0 Å². The summed E-state index contributed by atoms with van der Waals surface area (Å²) >= 11 is 0.851. The summed E-state index contributed by atoms with van der Waals surface area (Å²) in [6, 6.07) is 25.4. The topological polar surface area (TPSA) is 63.7 Å². The first kappa shape index (κ1) is 22.6. The number of ether oxygens (including phenoxy) is 1. The molecule has 1 heterocycles. The number of hydrogen-bond donors (Lipinski definition) is 0. The van der Waals surface area contributed by atoms with Crippen LogP contribution in [0.25, 0.3) is 16.8 Å². The zero-order chi connectivity index (χ0) is 24.4. The van der Waals surface area contributed by atoms with E-state index in [4.69, 9.17) is 4.74 Å². The second-order valence-electron chi connectivity index (χ2n) is 7.88. The molecule has 5 nitrogen and oxygen atoms in total. The highest BCUT2D eigenvalue weighted by atomic mass is 32.2. The van der Waals surface area contributed by atoms with Gasteiger partial charge in [-0.25, -0.2) is 9.18 Å². The van der Waals surface area contributed by atoms with E-state index < -0.39 is 11.9 Å². The molecule has 172 valence electrons. The van der Waals surface area contributed by atoms with E-state index in [0.29, 0.717) is 22.4 Å². The number of rotatable bonds is 5. The van der Waals surface area contributed by atoms with E-state index in [1.54, 1.807) is 48.5 Å². The summed E-state index contributed by atoms with van der Waals surface area (Å²) in [5, 5.41) is 1.38. The molecule has 1 aliphatic rings. The molecule has 35 heavy (non-hydrogen) atoms. The first-order chi connectivity index (χ1) is 17.0. The van der Waals surface area contributed by atoms with Crippen molar-refractivity contribution in [3.63, 3.8) is 0 Å². The van der Waals surface area contributed by atoms with Crippen molar-refractivity contribution in [2.24, 2.45) is 0 Å². The molecule has 2 amide bonds. The molecule has 1 saturated heterocycles. The molecule has 7 heteroatoms. The van der Waals surface area contributed by atoms with Crippen LogP contribution in [0.15, 0.2) is 95.9 Å². The molecule has 0 N–H and O–H groups in total. The number of fused-ring (bicyclic) bond motifs is 1. The lowest BCUT2D eigenvalue weighted by atomic mass is 10.0. The number of esters is 1. The van der Waals surface area contributed by atoms with Gasteiger partial charge in [-0.3, -0.25) is 14.5 Å². The Bertz CT molecular complexity index is 1470. The number of nitrogens with zero attached hydrogens (tertiary/aromatic N) is 1. The number of carbonyl (C=O) groups excluding carboxylic acids is 3. The Balaban J connectivity index is 1.28. The molecule has 0 radical (unpaired) electrons. The fourth-order valence-corrected chi connectivity index (χ4v) is 4.60. The normalized spacial score (nSPS) is 14.7. The van der Waals surface area contributed by atoms with Crippen LogP contribution in [0.2, 0.25) is 0 Å². The van der Waals surface area contributed by atoms with Crippen molar-refractivity contribution in [2.45, 2.75) is 6.54 Å². The van der Waals surface area contributed by atoms with Gasteiger partial charge >= 0.3 is 5.97 Å². The minimum absolute atomic E-state index is 0.0747. The van der Waals surface area contributed by atoms with Gasteiger partial charge in [-0.2, -0.15) is 0 Å². The van der Waals surface area contributed by atoms with E-state index in [-0.39, 0.29) is 22.5 Å². The van der Waals surface area contributed by atoms with Gasteiger partial charge in [-0.05, 0) is 70.1 Å². The summed E-state index contributed by atoms with van der Waals surface area (Å²) in [6.45, 7) is 0.0747. The molecular formula is C28H18FNO4S. The first-order valence-electron chi connectivity index (χ1n) is 10.8. The first-order valence-corrected chi connectivity index (χ1v) is 11.6. The third-order valence-corrected chi connectivity index (χ3v) is 6.43. The average molecular weight is 484 g/mol. The highest BCUT2D eigenvalue weighted by Gasteiger charge is 2.34. The van der Waals surface area contributed by atoms with Crippen LogP contribution in [0.5, 0.6) is 5.75 Å². The van der Waals surface area contributed by atoms with Gasteiger partial charge in [0.2, 0.25) is 0 Å².